The molecule has 31 heavy (non-hydrogen) atoms. The van der Waals surface area contributed by atoms with Crippen molar-refractivity contribution in [3.05, 3.63) is 46.1 Å². The zero-order valence-corrected chi connectivity index (χ0v) is 18.5. The Morgan fingerprint density at radius 2 is 1.81 bits per heavy atom. The van der Waals surface area contributed by atoms with E-state index in [4.69, 9.17) is 21.1 Å². The van der Waals surface area contributed by atoms with Crippen LogP contribution in [0.5, 0.6) is 0 Å². The van der Waals surface area contributed by atoms with E-state index in [0.717, 1.165) is 0 Å². The number of rotatable bonds is 7. The summed E-state index contributed by atoms with van der Waals surface area (Å²) in [6.45, 7) is 5.79. The lowest BCUT2D eigenvalue weighted by Crippen LogP contribution is -2.49. The zero-order valence-electron chi connectivity index (χ0n) is 17.8. The van der Waals surface area contributed by atoms with Crippen LogP contribution in [0.25, 0.3) is 0 Å². The second-order valence-electron chi connectivity index (χ2n) is 7.47. The maximum atomic E-state index is 12.9. The molecule has 0 saturated carbocycles. The zero-order chi connectivity index (χ0) is 22.4. The van der Waals surface area contributed by atoms with Gasteiger partial charge in [-0.05, 0) is 51.4 Å². The number of urea groups is 1. The number of carbonyl (C=O) groups is 3. The van der Waals surface area contributed by atoms with E-state index >= 15 is 0 Å². The Bertz CT molecular complexity index is 864. The molecule has 2 heterocycles. The molecule has 1 aromatic carbocycles. The summed E-state index contributed by atoms with van der Waals surface area (Å²) >= 11 is 6.36. The van der Waals surface area contributed by atoms with Gasteiger partial charge < -0.3 is 20.1 Å². The molecule has 2 N–H and O–H groups in total. The number of ether oxygens (including phenoxy) is 2. The predicted octanol–water partition coefficient (Wildman–Crippen LogP) is 2.79. The number of piperidine rings is 1. The first-order valence-electron chi connectivity index (χ1n) is 10.6. The quantitative estimate of drug-likeness (QED) is 0.621. The molecule has 1 saturated heterocycles. The van der Waals surface area contributed by atoms with Gasteiger partial charge in [-0.1, -0.05) is 29.8 Å². The topological polar surface area (TPSA) is 97.0 Å². The summed E-state index contributed by atoms with van der Waals surface area (Å²) in [5.74, 6) is -0.785. The molecule has 3 rings (SSSR count). The van der Waals surface area contributed by atoms with Crippen LogP contribution in [-0.4, -0.2) is 55.7 Å². The van der Waals surface area contributed by atoms with Crippen LogP contribution in [0.4, 0.5) is 4.79 Å². The van der Waals surface area contributed by atoms with E-state index < -0.39 is 18.0 Å². The average molecular weight is 450 g/mol. The summed E-state index contributed by atoms with van der Waals surface area (Å²) in [5, 5.41) is 6.02. The number of hydrogen-bond acceptors (Lipinski definition) is 6. The first-order chi connectivity index (χ1) is 14.9. The van der Waals surface area contributed by atoms with E-state index in [1.165, 1.54) is 0 Å². The second kappa shape index (κ2) is 10.6. The van der Waals surface area contributed by atoms with Crippen LogP contribution in [0.3, 0.4) is 0 Å². The first-order valence-corrected chi connectivity index (χ1v) is 10.9. The van der Waals surface area contributed by atoms with Gasteiger partial charge in [0.05, 0.1) is 30.7 Å². The molecule has 0 aliphatic carbocycles. The number of esters is 2. The van der Waals surface area contributed by atoms with Gasteiger partial charge in [-0.25, -0.2) is 9.59 Å². The molecule has 2 amide bonds. The average Bonchev–Trinajstić information content (AvgIpc) is 2.74. The summed E-state index contributed by atoms with van der Waals surface area (Å²) < 4.78 is 10.4. The standard InChI is InChI=1S/C22H28ClN3O5/c1-3-30-20(27)14-9-11-26(12-10-14)13-17-18(21(28)31-4-2)19(25-22(29)24-17)15-7-5-6-8-16(15)23/h5-8,14,19H,3-4,9-13H2,1-2H3,(H2,24,25,29). The molecule has 1 fully saturated rings. The number of hydrogen-bond donors (Lipinski definition) is 2. The predicted molar refractivity (Wildman–Crippen MR) is 115 cm³/mol. The molecule has 1 unspecified atom stereocenters. The van der Waals surface area contributed by atoms with Crippen LogP contribution >= 0.6 is 11.6 Å². The van der Waals surface area contributed by atoms with Gasteiger partial charge in [0.25, 0.3) is 0 Å². The van der Waals surface area contributed by atoms with Crippen molar-refractivity contribution in [1.82, 2.24) is 15.5 Å². The minimum Gasteiger partial charge on any atom is -0.466 e. The number of amides is 2. The van der Waals surface area contributed by atoms with Gasteiger partial charge in [-0.15, -0.1) is 0 Å². The molecule has 1 atom stereocenters. The van der Waals surface area contributed by atoms with Crippen molar-refractivity contribution in [2.24, 2.45) is 5.92 Å². The molecule has 168 valence electrons. The van der Waals surface area contributed by atoms with Gasteiger partial charge in [0.2, 0.25) is 0 Å². The normalized spacial score (nSPS) is 20.1. The number of carbonyl (C=O) groups excluding carboxylic acids is 3. The van der Waals surface area contributed by atoms with Gasteiger partial charge >= 0.3 is 18.0 Å². The largest absolute Gasteiger partial charge is 0.466 e. The second-order valence-corrected chi connectivity index (χ2v) is 7.88. The van der Waals surface area contributed by atoms with Crippen molar-refractivity contribution >= 4 is 29.6 Å². The first kappa shape index (κ1) is 23.1. The van der Waals surface area contributed by atoms with E-state index in [1.807, 2.05) is 0 Å². The summed E-state index contributed by atoms with van der Waals surface area (Å²) in [5.41, 5.74) is 1.45. The molecule has 1 aromatic rings. The lowest BCUT2D eigenvalue weighted by Gasteiger charge is -2.35. The number of likely N-dealkylation sites (tertiary alicyclic amines) is 1. The summed E-state index contributed by atoms with van der Waals surface area (Å²) in [4.78, 5) is 39.4. The summed E-state index contributed by atoms with van der Waals surface area (Å²) in [6.07, 6.45) is 1.34. The third-order valence-electron chi connectivity index (χ3n) is 5.45. The van der Waals surface area contributed by atoms with Gasteiger partial charge in [0.15, 0.2) is 0 Å². The Labute approximate surface area is 186 Å². The Morgan fingerprint density at radius 1 is 1.13 bits per heavy atom. The lowest BCUT2D eigenvalue weighted by atomic mass is 9.93. The molecule has 0 radical (unpaired) electrons. The van der Waals surface area contributed by atoms with Gasteiger partial charge in [0, 0.05) is 17.3 Å². The lowest BCUT2D eigenvalue weighted by molar-refractivity contribution is -0.149. The van der Waals surface area contributed by atoms with Gasteiger partial charge in [-0.2, -0.15) is 0 Å². The van der Waals surface area contributed by atoms with E-state index in [1.54, 1.807) is 38.1 Å². The Kier molecular flexibility index (Phi) is 7.92. The molecule has 9 heteroatoms. The maximum Gasteiger partial charge on any atom is 0.338 e. The molecule has 2 aliphatic heterocycles. The highest BCUT2D eigenvalue weighted by Gasteiger charge is 2.36. The van der Waals surface area contributed by atoms with E-state index in [9.17, 15) is 14.4 Å². The molecule has 0 spiro atoms. The fourth-order valence-electron chi connectivity index (χ4n) is 3.95. The summed E-state index contributed by atoms with van der Waals surface area (Å²) in [6, 6.07) is 5.96. The fourth-order valence-corrected chi connectivity index (χ4v) is 4.19. The van der Waals surface area contributed by atoms with Crippen LogP contribution in [0.15, 0.2) is 35.5 Å². The highest BCUT2D eigenvalue weighted by Crippen LogP contribution is 2.32. The van der Waals surface area contributed by atoms with Crippen LogP contribution < -0.4 is 10.6 Å². The van der Waals surface area contributed by atoms with E-state index in [0.29, 0.717) is 60.9 Å². The highest BCUT2D eigenvalue weighted by atomic mass is 35.5. The van der Waals surface area contributed by atoms with Crippen LogP contribution in [0.2, 0.25) is 5.02 Å². The molecule has 2 aliphatic rings. The smallest absolute Gasteiger partial charge is 0.338 e. The summed E-state index contributed by atoms with van der Waals surface area (Å²) in [7, 11) is 0. The van der Waals surface area contributed by atoms with Gasteiger partial charge in [-0.3, -0.25) is 9.69 Å². The molecular formula is C22H28ClN3O5. The third-order valence-corrected chi connectivity index (χ3v) is 5.80. The van der Waals surface area contributed by atoms with Crippen molar-refractivity contribution < 1.29 is 23.9 Å². The highest BCUT2D eigenvalue weighted by molar-refractivity contribution is 6.31. The van der Waals surface area contributed by atoms with E-state index in [-0.39, 0.29) is 18.5 Å². The number of benzene rings is 1. The molecular weight excluding hydrogens is 422 g/mol. The van der Waals surface area contributed by atoms with Crippen molar-refractivity contribution in [3.63, 3.8) is 0 Å². The van der Waals surface area contributed by atoms with Crippen LogP contribution in [0.1, 0.15) is 38.3 Å². The van der Waals surface area contributed by atoms with Crippen LogP contribution in [-0.2, 0) is 19.1 Å². The van der Waals surface area contributed by atoms with Crippen molar-refractivity contribution in [1.29, 1.82) is 0 Å². The molecule has 8 nitrogen and oxygen atoms in total. The number of halogens is 1. The minimum absolute atomic E-state index is 0.117. The van der Waals surface area contributed by atoms with Crippen molar-refractivity contribution in [2.45, 2.75) is 32.7 Å². The Hall–Kier alpha value is -2.58. The minimum atomic E-state index is -0.714. The third kappa shape index (κ3) is 5.57. The Balaban J connectivity index is 1.85. The van der Waals surface area contributed by atoms with Crippen molar-refractivity contribution in [2.75, 3.05) is 32.8 Å². The molecule has 0 aromatic heterocycles. The van der Waals surface area contributed by atoms with Crippen LogP contribution in [0, 0.1) is 5.92 Å². The number of nitrogens with zero attached hydrogens (tertiary/aromatic N) is 1. The monoisotopic (exact) mass is 449 g/mol. The van der Waals surface area contributed by atoms with Crippen molar-refractivity contribution in [3.8, 4) is 0 Å². The Morgan fingerprint density at radius 3 is 2.45 bits per heavy atom. The fraction of sp³-hybridized carbons (Fsp3) is 0.500. The SMILES string of the molecule is CCOC(=O)C1=C(CN2CCC(C(=O)OCC)CC2)NC(=O)NC1c1ccccc1Cl. The maximum absolute atomic E-state index is 12.9. The number of nitrogens with one attached hydrogen (secondary N) is 2. The molecule has 0 bridgehead atoms. The van der Waals surface area contributed by atoms with E-state index in [2.05, 4.69) is 15.5 Å². The van der Waals surface area contributed by atoms with Gasteiger partial charge in [0.1, 0.15) is 0 Å².